The Balaban J connectivity index is 1.89. The third-order valence-electron chi connectivity index (χ3n) is 4.11. The summed E-state index contributed by atoms with van der Waals surface area (Å²) >= 11 is 0. The fourth-order valence-electron chi connectivity index (χ4n) is 2.84. The zero-order chi connectivity index (χ0) is 12.3. The molecule has 1 amide bonds. The largest absolute Gasteiger partial charge is 0.396 e. The third-order valence-corrected chi connectivity index (χ3v) is 4.11. The zero-order valence-electron chi connectivity index (χ0n) is 10.7. The van der Waals surface area contributed by atoms with Gasteiger partial charge in [-0.3, -0.25) is 4.79 Å². The Kier molecular flexibility index (Phi) is 4.05. The number of carbonyl (C=O) groups excluding carboxylic acids is 1. The van der Waals surface area contributed by atoms with E-state index in [4.69, 9.17) is 5.11 Å². The molecule has 0 aromatic carbocycles. The highest BCUT2D eigenvalue weighted by molar-refractivity contribution is 5.82. The van der Waals surface area contributed by atoms with Crippen molar-refractivity contribution in [1.82, 2.24) is 10.2 Å². The summed E-state index contributed by atoms with van der Waals surface area (Å²) in [6, 6.07) is 0.0266. The topological polar surface area (TPSA) is 52.6 Å². The predicted octanol–water partition coefficient (Wildman–Crippen LogP) is 0.749. The van der Waals surface area contributed by atoms with Gasteiger partial charge < -0.3 is 15.3 Å². The van der Waals surface area contributed by atoms with Crippen LogP contribution in [0.5, 0.6) is 0 Å². The van der Waals surface area contributed by atoms with Gasteiger partial charge in [-0.1, -0.05) is 6.92 Å². The van der Waals surface area contributed by atoms with Crippen LogP contribution in [0.4, 0.5) is 0 Å². The van der Waals surface area contributed by atoms with Gasteiger partial charge in [0.25, 0.3) is 0 Å². The van der Waals surface area contributed by atoms with Gasteiger partial charge in [-0.25, -0.2) is 0 Å². The maximum Gasteiger partial charge on any atom is 0.239 e. The van der Waals surface area contributed by atoms with Crippen molar-refractivity contribution in [2.24, 2.45) is 5.41 Å². The van der Waals surface area contributed by atoms with Crippen LogP contribution in [0, 0.1) is 5.41 Å². The maximum absolute atomic E-state index is 12.2. The van der Waals surface area contributed by atoms with Crippen molar-refractivity contribution in [3.05, 3.63) is 0 Å². The van der Waals surface area contributed by atoms with Crippen LogP contribution in [0.1, 0.15) is 39.0 Å². The molecule has 1 aliphatic carbocycles. The summed E-state index contributed by atoms with van der Waals surface area (Å²) in [7, 11) is 0. The van der Waals surface area contributed by atoms with Crippen LogP contribution in [0.2, 0.25) is 0 Å². The zero-order valence-corrected chi connectivity index (χ0v) is 10.7. The van der Waals surface area contributed by atoms with E-state index in [-0.39, 0.29) is 24.0 Å². The van der Waals surface area contributed by atoms with Crippen LogP contribution in [0.25, 0.3) is 0 Å². The van der Waals surface area contributed by atoms with Crippen molar-refractivity contribution in [1.29, 1.82) is 0 Å². The highest BCUT2D eigenvalue weighted by atomic mass is 16.3. The van der Waals surface area contributed by atoms with Crippen LogP contribution in [0.3, 0.4) is 0 Å². The Bertz CT molecular complexity index is 275. The maximum atomic E-state index is 12.2. The Labute approximate surface area is 103 Å². The van der Waals surface area contributed by atoms with Crippen molar-refractivity contribution in [3.63, 3.8) is 0 Å². The third kappa shape index (κ3) is 2.99. The lowest BCUT2D eigenvalue weighted by atomic mass is 9.98. The van der Waals surface area contributed by atoms with E-state index < -0.39 is 0 Å². The molecule has 4 heteroatoms. The van der Waals surface area contributed by atoms with E-state index in [1.807, 2.05) is 11.8 Å². The van der Waals surface area contributed by atoms with E-state index >= 15 is 0 Å². The van der Waals surface area contributed by atoms with Crippen LogP contribution >= 0.6 is 0 Å². The van der Waals surface area contributed by atoms with E-state index in [1.165, 1.54) is 12.8 Å². The van der Waals surface area contributed by atoms with Gasteiger partial charge in [-0.15, -0.1) is 0 Å². The second-order valence-corrected chi connectivity index (χ2v) is 5.49. The molecule has 1 heterocycles. The summed E-state index contributed by atoms with van der Waals surface area (Å²) in [6.45, 7) is 4.90. The molecule has 2 N–H and O–H groups in total. The van der Waals surface area contributed by atoms with Crippen molar-refractivity contribution in [2.75, 3.05) is 26.2 Å². The van der Waals surface area contributed by atoms with Gasteiger partial charge >= 0.3 is 0 Å². The molecule has 0 aromatic heterocycles. The minimum atomic E-state index is 0.0266. The molecule has 17 heavy (non-hydrogen) atoms. The van der Waals surface area contributed by atoms with Crippen molar-refractivity contribution in [3.8, 4) is 0 Å². The number of aliphatic hydroxyl groups excluding tert-OH is 1. The van der Waals surface area contributed by atoms with Crippen LogP contribution in [-0.2, 0) is 4.79 Å². The monoisotopic (exact) mass is 240 g/mol. The number of hydrogen-bond acceptors (Lipinski definition) is 3. The molecule has 1 saturated carbocycles. The molecule has 0 spiro atoms. The van der Waals surface area contributed by atoms with Gasteiger partial charge in [-0.2, -0.15) is 0 Å². The molecule has 1 saturated heterocycles. The summed E-state index contributed by atoms with van der Waals surface area (Å²) < 4.78 is 0. The van der Waals surface area contributed by atoms with Crippen LogP contribution in [-0.4, -0.2) is 48.2 Å². The van der Waals surface area contributed by atoms with Crippen molar-refractivity contribution >= 4 is 5.91 Å². The average molecular weight is 240 g/mol. The van der Waals surface area contributed by atoms with Crippen LogP contribution in [0.15, 0.2) is 0 Å². The normalized spacial score (nSPS) is 27.3. The van der Waals surface area contributed by atoms with E-state index in [1.54, 1.807) is 0 Å². The van der Waals surface area contributed by atoms with E-state index in [0.717, 1.165) is 38.9 Å². The molecular formula is C13H24N2O2. The molecule has 2 fully saturated rings. The summed E-state index contributed by atoms with van der Waals surface area (Å²) in [5.41, 5.74) is 0.249. The molecule has 4 nitrogen and oxygen atoms in total. The summed E-state index contributed by atoms with van der Waals surface area (Å²) in [5.74, 6) is 0.266. The standard InChI is InChI=1S/C13H24N2O2/c1-2-14-11-4-3-8-15(12(11)17)10-13(5-6-13)7-9-16/h11,14,16H,2-10H2,1H3. The Morgan fingerprint density at radius 2 is 2.29 bits per heavy atom. The van der Waals surface area contributed by atoms with Gasteiger partial charge in [0.1, 0.15) is 0 Å². The quantitative estimate of drug-likeness (QED) is 0.720. The minimum Gasteiger partial charge on any atom is -0.396 e. The molecule has 1 unspecified atom stereocenters. The lowest BCUT2D eigenvalue weighted by Gasteiger charge is -2.35. The molecule has 1 aliphatic heterocycles. The number of hydrogen-bond donors (Lipinski definition) is 2. The van der Waals surface area contributed by atoms with Gasteiger partial charge in [0.15, 0.2) is 0 Å². The Hall–Kier alpha value is -0.610. The molecule has 0 aromatic rings. The summed E-state index contributed by atoms with van der Waals surface area (Å²) in [6.07, 6.45) is 5.25. The number of rotatable bonds is 6. The molecular weight excluding hydrogens is 216 g/mol. The SMILES string of the molecule is CCNC1CCCN(CC2(CCO)CC2)C1=O. The van der Waals surface area contributed by atoms with Gasteiger partial charge in [0.2, 0.25) is 5.91 Å². The average Bonchev–Trinajstić information content (AvgIpc) is 3.05. The number of amides is 1. The highest BCUT2D eigenvalue weighted by Crippen LogP contribution is 2.49. The van der Waals surface area contributed by atoms with E-state index in [2.05, 4.69) is 5.32 Å². The lowest BCUT2D eigenvalue weighted by molar-refractivity contribution is -0.137. The number of likely N-dealkylation sites (tertiary alicyclic amines) is 1. The summed E-state index contributed by atoms with van der Waals surface area (Å²) in [4.78, 5) is 14.2. The fourth-order valence-corrected chi connectivity index (χ4v) is 2.84. The van der Waals surface area contributed by atoms with Gasteiger partial charge in [-0.05, 0) is 44.1 Å². The van der Waals surface area contributed by atoms with Crippen molar-refractivity contribution in [2.45, 2.75) is 45.1 Å². The predicted molar refractivity (Wildman–Crippen MR) is 66.6 cm³/mol. The number of nitrogens with zero attached hydrogens (tertiary/aromatic N) is 1. The molecule has 2 aliphatic rings. The Morgan fingerprint density at radius 3 is 2.88 bits per heavy atom. The molecule has 1 atom stereocenters. The number of aliphatic hydroxyl groups is 1. The lowest BCUT2D eigenvalue weighted by Crippen LogP contribution is -2.52. The first-order valence-corrected chi connectivity index (χ1v) is 6.84. The molecule has 2 rings (SSSR count). The smallest absolute Gasteiger partial charge is 0.239 e. The first-order chi connectivity index (χ1) is 8.21. The highest BCUT2D eigenvalue weighted by Gasteiger charge is 2.45. The van der Waals surface area contributed by atoms with Gasteiger partial charge in [0, 0.05) is 19.7 Å². The second-order valence-electron chi connectivity index (χ2n) is 5.49. The van der Waals surface area contributed by atoms with E-state index in [9.17, 15) is 4.79 Å². The minimum absolute atomic E-state index is 0.0266. The second kappa shape index (κ2) is 5.36. The molecule has 0 radical (unpaired) electrons. The van der Waals surface area contributed by atoms with E-state index in [0.29, 0.717) is 0 Å². The number of likely N-dealkylation sites (N-methyl/N-ethyl adjacent to an activating group) is 1. The number of nitrogens with one attached hydrogen (secondary N) is 1. The first-order valence-electron chi connectivity index (χ1n) is 6.84. The number of carbonyl (C=O) groups is 1. The first kappa shape index (κ1) is 12.8. The molecule has 98 valence electrons. The van der Waals surface area contributed by atoms with Crippen molar-refractivity contribution < 1.29 is 9.90 Å². The summed E-state index contributed by atoms with van der Waals surface area (Å²) in [5, 5.41) is 12.3. The molecule has 0 bridgehead atoms. The number of piperidine rings is 1. The Morgan fingerprint density at radius 1 is 1.53 bits per heavy atom. The van der Waals surface area contributed by atoms with Gasteiger partial charge in [0.05, 0.1) is 6.04 Å². The fraction of sp³-hybridized carbons (Fsp3) is 0.923. The van der Waals surface area contributed by atoms with Crippen LogP contribution < -0.4 is 5.32 Å².